The Bertz CT molecular complexity index is 582. The molecule has 0 aliphatic rings. The molecule has 1 unspecified atom stereocenters. The van der Waals surface area contributed by atoms with Crippen LogP contribution in [0.25, 0.3) is 0 Å². The van der Waals surface area contributed by atoms with Crippen LogP contribution in [0.15, 0.2) is 40.9 Å². The van der Waals surface area contributed by atoms with Gasteiger partial charge in [0.05, 0.1) is 9.30 Å². The second kappa shape index (κ2) is 5.49. The lowest BCUT2D eigenvalue weighted by atomic mass is 10.0. The zero-order valence-corrected chi connectivity index (χ0v) is 12.7. The highest BCUT2D eigenvalue weighted by Gasteiger charge is 2.15. The molecule has 2 aromatic rings. The molecule has 2 aromatic carbocycles. The lowest BCUT2D eigenvalue weighted by Crippen LogP contribution is -1.97. The largest absolute Gasteiger partial charge is 0.207 e. The average molecular weight is 376 g/mol. The maximum Gasteiger partial charge on any atom is 0.137 e. The lowest BCUT2D eigenvalue weighted by molar-refractivity contribution is 0.619. The number of benzene rings is 2. The Balaban J connectivity index is 2.44. The molecule has 4 heteroatoms. The van der Waals surface area contributed by atoms with Crippen LogP contribution in [0, 0.1) is 18.6 Å². The second-order valence-corrected chi connectivity index (χ2v) is 5.81. The molecule has 0 nitrogen and oxygen atoms in total. The summed E-state index contributed by atoms with van der Waals surface area (Å²) < 4.78 is 26.9. The van der Waals surface area contributed by atoms with Crippen molar-refractivity contribution in [3.05, 3.63) is 69.2 Å². The smallest absolute Gasteiger partial charge is 0.137 e. The molecule has 0 amide bonds. The normalized spacial score (nSPS) is 12.5. The van der Waals surface area contributed by atoms with Crippen molar-refractivity contribution in [1.82, 2.24) is 0 Å². The highest BCUT2D eigenvalue weighted by atomic mass is 79.9. The van der Waals surface area contributed by atoms with Gasteiger partial charge in [-0.05, 0) is 63.8 Å². The minimum Gasteiger partial charge on any atom is -0.207 e. The van der Waals surface area contributed by atoms with Gasteiger partial charge < -0.3 is 0 Å². The predicted octanol–water partition coefficient (Wildman–Crippen LogP) is 5.52. The average Bonchev–Trinajstić information content (AvgIpc) is 2.35. The predicted molar refractivity (Wildman–Crippen MR) is 76.0 cm³/mol. The first-order chi connectivity index (χ1) is 8.49. The number of hydrogen-bond donors (Lipinski definition) is 0. The SMILES string of the molecule is Cc1ccc(F)cc1C(Br)c1ccc(F)c(Br)c1. The Morgan fingerprint density at radius 1 is 1.06 bits per heavy atom. The lowest BCUT2D eigenvalue weighted by Gasteiger charge is -2.14. The minimum absolute atomic E-state index is 0.162. The fraction of sp³-hybridized carbons (Fsp3) is 0.143. The molecule has 0 bridgehead atoms. The number of alkyl halides is 1. The number of halogens is 4. The van der Waals surface area contributed by atoms with Crippen molar-refractivity contribution in [3.63, 3.8) is 0 Å². The van der Waals surface area contributed by atoms with Crippen LogP contribution in [0.1, 0.15) is 21.5 Å². The van der Waals surface area contributed by atoms with Crippen LogP contribution < -0.4 is 0 Å². The van der Waals surface area contributed by atoms with E-state index in [9.17, 15) is 8.78 Å². The molecule has 18 heavy (non-hydrogen) atoms. The molecule has 0 saturated heterocycles. The van der Waals surface area contributed by atoms with E-state index >= 15 is 0 Å². The molecule has 0 aliphatic heterocycles. The summed E-state index contributed by atoms with van der Waals surface area (Å²) in [7, 11) is 0. The number of aryl methyl sites for hydroxylation is 1. The first kappa shape index (κ1) is 13.7. The molecule has 1 atom stereocenters. The van der Waals surface area contributed by atoms with Crippen LogP contribution in [-0.4, -0.2) is 0 Å². The topological polar surface area (TPSA) is 0 Å². The van der Waals surface area contributed by atoms with Crippen molar-refractivity contribution in [2.24, 2.45) is 0 Å². The Hall–Kier alpha value is -0.740. The molecule has 0 heterocycles. The van der Waals surface area contributed by atoms with E-state index in [1.807, 2.05) is 6.92 Å². The van der Waals surface area contributed by atoms with Crippen LogP contribution in [-0.2, 0) is 0 Å². The van der Waals surface area contributed by atoms with E-state index in [0.29, 0.717) is 4.47 Å². The molecule has 0 fully saturated rings. The third kappa shape index (κ3) is 2.81. The van der Waals surface area contributed by atoms with E-state index < -0.39 is 0 Å². The van der Waals surface area contributed by atoms with Gasteiger partial charge in [-0.25, -0.2) is 8.78 Å². The zero-order valence-electron chi connectivity index (χ0n) is 9.55. The van der Waals surface area contributed by atoms with Gasteiger partial charge in [0.15, 0.2) is 0 Å². The summed E-state index contributed by atoms with van der Waals surface area (Å²) in [6.45, 7) is 1.92. The van der Waals surface area contributed by atoms with Gasteiger partial charge in [0, 0.05) is 0 Å². The van der Waals surface area contributed by atoms with Crippen LogP contribution in [0.5, 0.6) is 0 Å². The van der Waals surface area contributed by atoms with Crippen LogP contribution in [0.4, 0.5) is 8.78 Å². The van der Waals surface area contributed by atoms with Gasteiger partial charge in [-0.3, -0.25) is 0 Å². The highest BCUT2D eigenvalue weighted by molar-refractivity contribution is 9.10. The van der Waals surface area contributed by atoms with Gasteiger partial charge in [-0.1, -0.05) is 28.1 Å². The number of rotatable bonds is 2. The first-order valence-electron chi connectivity index (χ1n) is 5.34. The van der Waals surface area contributed by atoms with E-state index in [1.54, 1.807) is 18.2 Å². The quantitative estimate of drug-likeness (QED) is 0.606. The number of hydrogen-bond acceptors (Lipinski definition) is 0. The summed E-state index contributed by atoms with van der Waals surface area (Å²) in [5.74, 6) is -0.587. The van der Waals surface area contributed by atoms with E-state index in [4.69, 9.17) is 0 Å². The molecule has 0 aliphatic carbocycles. The Kier molecular flexibility index (Phi) is 4.17. The summed E-state index contributed by atoms with van der Waals surface area (Å²) >= 11 is 6.68. The van der Waals surface area contributed by atoms with Crippen molar-refractivity contribution in [3.8, 4) is 0 Å². The van der Waals surface area contributed by atoms with Crippen LogP contribution in [0.2, 0.25) is 0 Å². The molecular formula is C14H10Br2F2. The van der Waals surface area contributed by atoms with Gasteiger partial charge in [-0.15, -0.1) is 0 Å². The highest BCUT2D eigenvalue weighted by Crippen LogP contribution is 2.34. The zero-order chi connectivity index (χ0) is 13.3. The van der Waals surface area contributed by atoms with Gasteiger partial charge in [0.25, 0.3) is 0 Å². The second-order valence-electron chi connectivity index (χ2n) is 4.04. The Morgan fingerprint density at radius 3 is 2.44 bits per heavy atom. The van der Waals surface area contributed by atoms with Crippen LogP contribution in [0.3, 0.4) is 0 Å². The maximum atomic E-state index is 13.3. The van der Waals surface area contributed by atoms with Crippen molar-refractivity contribution >= 4 is 31.9 Å². The Labute approximate surface area is 121 Å². The Morgan fingerprint density at radius 2 is 1.78 bits per heavy atom. The molecule has 0 N–H and O–H groups in total. The summed E-state index contributed by atoms with van der Waals surface area (Å²) in [4.78, 5) is -0.162. The first-order valence-corrected chi connectivity index (χ1v) is 7.05. The summed E-state index contributed by atoms with van der Waals surface area (Å²) in [5, 5.41) is 0. The monoisotopic (exact) mass is 374 g/mol. The summed E-state index contributed by atoms with van der Waals surface area (Å²) in [6, 6.07) is 9.42. The molecule has 0 saturated carbocycles. The fourth-order valence-corrected chi connectivity index (χ4v) is 2.91. The van der Waals surface area contributed by atoms with E-state index in [0.717, 1.165) is 16.7 Å². The van der Waals surface area contributed by atoms with E-state index in [2.05, 4.69) is 31.9 Å². The molecule has 2 rings (SSSR count). The van der Waals surface area contributed by atoms with Crippen LogP contribution >= 0.6 is 31.9 Å². The van der Waals surface area contributed by atoms with Gasteiger partial charge >= 0.3 is 0 Å². The third-order valence-electron chi connectivity index (χ3n) is 2.75. The van der Waals surface area contributed by atoms with Gasteiger partial charge in [0.1, 0.15) is 11.6 Å². The van der Waals surface area contributed by atoms with Gasteiger partial charge in [-0.2, -0.15) is 0 Å². The van der Waals surface area contributed by atoms with Crippen molar-refractivity contribution in [2.75, 3.05) is 0 Å². The molecule has 0 spiro atoms. The van der Waals surface area contributed by atoms with E-state index in [1.165, 1.54) is 18.2 Å². The molecule has 94 valence electrons. The summed E-state index contributed by atoms with van der Waals surface area (Å²) in [5.41, 5.74) is 2.70. The molecular weight excluding hydrogens is 366 g/mol. The van der Waals surface area contributed by atoms with Crippen molar-refractivity contribution in [2.45, 2.75) is 11.8 Å². The van der Waals surface area contributed by atoms with Crippen molar-refractivity contribution in [1.29, 1.82) is 0 Å². The molecule has 0 aromatic heterocycles. The van der Waals surface area contributed by atoms with E-state index in [-0.39, 0.29) is 16.5 Å². The summed E-state index contributed by atoms with van der Waals surface area (Å²) in [6.07, 6.45) is 0. The third-order valence-corrected chi connectivity index (χ3v) is 4.38. The van der Waals surface area contributed by atoms with Gasteiger partial charge in [0.2, 0.25) is 0 Å². The molecule has 0 radical (unpaired) electrons. The van der Waals surface area contributed by atoms with Crippen molar-refractivity contribution < 1.29 is 8.78 Å². The maximum absolute atomic E-state index is 13.3. The minimum atomic E-state index is -0.311. The standard InChI is InChI=1S/C14H10Br2F2/c1-8-2-4-10(17)7-11(8)14(16)9-3-5-13(18)12(15)6-9/h2-7,14H,1H3. The fourth-order valence-electron chi connectivity index (χ4n) is 1.73.